The molecule has 3 nitrogen and oxygen atoms in total. The summed E-state index contributed by atoms with van der Waals surface area (Å²) in [5.74, 6) is -0.477. The first-order valence-electron chi connectivity index (χ1n) is 7.36. The summed E-state index contributed by atoms with van der Waals surface area (Å²) in [4.78, 5) is 0. The van der Waals surface area contributed by atoms with E-state index in [1.54, 1.807) is 13.1 Å². The smallest absolute Gasteiger partial charge is 0.235 e. The van der Waals surface area contributed by atoms with Gasteiger partial charge in [-0.3, -0.25) is 0 Å². The van der Waals surface area contributed by atoms with Gasteiger partial charge in [-0.15, -0.1) is 0 Å². The molecule has 0 atom stereocenters. The third-order valence-electron chi connectivity index (χ3n) is 4.36. The first-order valence-corrected chi connectivity index (χ1v) is 8.12. The zero-order chi connectivity index (χ0) is 17.0. The minimum absolute atomic E-state index is 0.237. The van der Waals surface area contributed by atoms with Crippen LogP contribution in [0.4, 0.5) is 0 Å². The molecule has 0 radical (unpaired) electrons. The molecule has 120 valence electrons. The summed E-state index contributed by atoms with van der Waals surface area (Å²) in [6.45, 7) is 0. The van der Waals surface area contributed by atoms with Crippen molar-refractivity contribution in [2.75, 3.05) is 0 Å². The summed E-state index contributed by atoms with van der Waals surface area (Å²) in [5, 5.41) is 23.5. The van der Waals surface area contributed by atoms with Crippen LogP contribution in [0.5, 0.6) is 11.6 Å². The molecule has 0 aliphatic rings. The standard InChI is InChI=1S/C19H13Cl2NO2/c1-22-14-9-13(20)15(17(21)16(14)18(23)19(22)24)12-7-6-10-4-2-3-5-11(10)8-12/h2-9,23-24H,1H3. The maximum atomic E-state index is 10.2. The Morgan fingerprint density at radius 3 is 2.38 bits per heavy atom. The highest BCUT2D eigenvalue weighted by Crippen LogP contribution is 2.47. The first kappa shape index (κ1) is 15.2. The number of aromatic hydroxyl groups is 2. The van der Waals surface area contributed by atoms with E-state index in [1.165, 1.54) is 4.57 Å². The van der Waals surface area contributed by atoms with E-state index >= 15 is 0 Å². The van der Waals surface area contributed by atoms with Crippen molar-refractivity contribution in [3.63, 3.8) is 0 Å². The van der Waals surface area contributed by atoms with Gasteiger partial charge in [0.2, 0.25) is 5.88 Å². The van der Waals surface area contributed by atoms with E-state index in [0.29, 0.717) is 26.5 Å². The summed E-state index contributed by atoms with van der Waals surface area (Å²) >= 11 is 13.0. The predicted octanol–water partition coefficient (Wildman–Crippen LogP) is 5.72. The fourth-order valence-corrected chi connectivity index (χ4v) is 3.84. The third-order valence-corrected chi connectivity index (χ3v) is 5.04. The number of rotatable bonds is 1. The average molecular weight is 358 g/mol. The van der Waals surface area contributed by atoms with E-state index in [4.69, 9.17) is 23.2 Å². The minimum atomic E-state index is -0.240. The van der Waals surface area contributed by atoms with Gasteiger partial charge in [-0.1, -0.05) is 59.6 Å². The molecule has 0 bridgehead atoms. The van der Waals surface area contributed by atoms with Crippen molar-refractivity contribution < 1.29 is 10.2 Å². The molecule has 0 saturated carbocycles. The largest absolute Gasteiger partial charge is 0.503 e. The van der Waals surface area contributed by atoms with Gasteiger partial charge in [-0.05, 0) is 28.5 Å². The summed E-state index contributed by atoms with van der Waals surface area (Å²) in [5.41, 5.74) is 2.07. The third kappa shape index (κ3) is 2.05. The highest BCUT2D eigenvalue weighted by Gasteiger charge is 2.21. The number of aryl methyl sites for hydroxylation is 1. The first-order chi connectivity index (χ1) is 11.5. The molecule has 0 aliphatic heterocycles. The summed E-state index contributed by atoms with van der Waals surface area (Å²) in [6, 6.07) is 15.7. The molecule has 4 rings (SSSR count). The van der Waals surface area contributed by atoms with Gasteiger partial charge in [0.1, 0.15) is 0 Å². The van der Waals surface area contributed by atoms with Crippen LogP contribution in [0.25, 0.3) is 32.8 Å². The molecule has 1 aromatic heterocycles. The number of hydrogen-bond acceptors (Lipinski definition) is 2. The van der Waals surface area contributed by atoms with Crippen molar-refractivity contribution in [1.29, 1.82) is 0 Å². The number of benzene rings is 3. The molecule has 0 aliphatic carbocycles. The molecule has 1 heterocycles. The summed E-state index contributed by atoms with van der Waals surface area (Å²) in [6.07, 6.45) is 0. The lowest BCUT2D eigenvalue weighted by atomic mass is 10.00. The number of halogens is 2. The molecule has 0 amide bonds. The molecule has 5 heteroatoms. The maximum Gasteiger partial charge on any atom is 0.235 e. The maximum absolute atomic E-state index is 10.2. The molecule has 24 heavy (non-hydrogen) atoms. The Morgan fingerprint density at radius 1 is 0.917 bits per heavy atom. The molecule has 0 fully saturated rings. The van der Waals surface area contributed by atoms with Crippen LogP contribution >= 0.6 is 23.2 Å². The van der Waals surface area contributed by atoms with Crippen LogP contribution in [-0.4, -0.2) is 14.8 Å². The van der Waals surface area contributed by atoms with Gasteiger partial charge in [-0.2, -0.15) is 0 Å². The normalized spacial score (nSPS) is 11.5. The second-order valence-corrected chi connectivity index (χ2v) is 6.52. The highest BCUT2D eigenvalue weighted by molar-refractivity contribution is 6.43. The van der Waals surface area contributed by atoms with Gasteiger partial charge in [0.15, 0.2) is 5.75 Å². The quantitative estimate of drug-likeness (QED) is 0.457. The van der Waals surface area contributed by atoms with Crippen LogP contribution in [0.1, 0.15) is 0 Å². The van der Waals surface area contributed by atoms with Crippen molar-refractivity contribution in [3.8, 4) is 22.8 Å². The zero-order valence-electron chi connectivity index (χ0n) is 12.7. The van der Waals surface area contributed by atoms with Crippen LogP contribution in [0.2, 0.25) is 10.0 Å². The summed E-state index contributed by atoms with van der Waals surface area (Å²) in [7, 11) is 1.64. The lowest BCUT2D eigenvalue weighted by molar-refractivity contribution is 0.383. The molecule has 2 N–H and O–H groups in total. The SMILES string of the molecule is Cn1c(O)c(O)c2c(Cl)c(-c3ccc4ccccc4c3)c(Cl)cc21. The highest BCUT2D eigenvalue weighted by atomic mass is 35.5. The van der Waals surface area contributed by atoms with E-state index in [-0.39, 0.29) is 11.6 Å². The fourth-order valence-electron chi connectivity index (χ4n) is 3.09. The van der Waals surface area contributed by atoms with Crippen molar-refractivity contribution in [3.05, 3.63) is 58.6 Å². The molecular formula is C19H13Cl2NO2. The van der Waals surface area contributed by atoms with Gasteiger partial charge in [0.25, 0.3) is 0 Å². The van der Waals surface area contributed by atoms with E-state index in [9.17, 15) is 10.2 Å². The average Bonchev–Trinajstić information content (AvgIpc) is 2.79. The molecule has 3 aromatic carbocycles. The molecule has 4 aromatic rings. The van der Waals surface area contributed by atoms with Crippen molar-refractivity contribution in [1.82, 2.24) is 4.57 Å². The van der Waals surface area contributed by atoms with Gasteiger partial charge < -0.3 is 14.8 Å². The molecule has 0 spiro atoms. The van der Waals surface area contributed by atoms with Gasteiger partial charge in [0.05, 0.1) is 20.9 Å². The Bertz CT molecular complexity index is 1120. The number of aromatic nitrogens is 1. The van der Waals surface area contributed by atoms with Crippen LogP contribution in [0, 0.1) is 0 Å². The van der Waals surface area contributed by atoms with Crippen molar-refractivity contribution in [2.24, 2.45) is 7.05 Å². The molecular weight excluding hydrogens is 345 g/mol. The van der Waals surface area contributed by atoms with E-state index < -0.39 is 0 Å². The van der Waals surface area contributed by atoms with E-state index in [2.05, 4.69) is 0 Å². The number of fused-ring (bicyclic) bond motifs is 2. The lowest BCUT2D eigenvalue weighted by Gasteiger charge is -2.10. The topological polar surface area (TPSA) is 45.4 Å². The lowest BCUT2D eigenvalue weighted by Crippen LogP contribution is -1.88. The Labute approximate surface area is 148 Å². The Morgan fingerprint density at radius 2 is 1.62 bits per heavy atom. The summed E-state index contributed by atoms with van der Waals surface area (Å²) < 4.78 is 1.45. The second kappa shape index (κ2) is 5.33. The van der Waals surface area contributed by atoms with Gasteiger partial charge in [0, 0.05) is 12.6 Å². The number of hydrogen-bond donors (Lipinski definition) is 2. The van der Waals surface area contributed by atoms with E-state index in [1.807, 2.05) is 42.5 Å². The molecule has 0 unspecified atom stereocenters. The van der Waals surface area contributed by atoms with Crippen LogP contribution < -0.4 is 0 Å². The second-order valence-electron chi connectivity index (χ2n) is 5.73. The van der Waals surface area contributed by atoms with Crippen molar-refractivity contribution >= 4 is 44.9 Å². The zero-order valence-corrected chi connectivity index (χ0v) is 14.2. The fraction of sp³-hybridized carbons (Fsp3) is 0.0526. The van der Waals surface area contributed by atoms with Crippen molar-refractivity contribution in [2.45, 2.75) is 0 Å². The van der Waals surface area contributed by atoms with Crippen LogP contribution in [-0.2, 0) is 7.05 Å². The number of nitrogens with zero attached hydrogens (tertiary/aromatic N) is 1. The minimum Gasteiger partial charge on any atom is -0.503 e. The van der Waals surface area contributed by atoms with Crippen LogP contribution in [0.15, 0.2) is 48.5 Å². The van der Waals surface area contributed by atoms with Gasteiger partial charge in [-0.25, -0.2) is 0 Å². The Balaban J connectivity index is 2.07. The molecule has 0 saturated heterocycles. The predicted molar refractivity (Wildman–Crippen MR) is 99.2 cm³/mol. The van der Waals surface area contributed by atoms with Crippen LogP contribution in [0.3, 0.4) is 0 Å². The van der Waals surface area contributed by atoms with E-state index in [0.717, 1.165) is 16.3 Å². The Kier molecular flexibility index (Phi) is 3.37. The van der Waals surface area contributed by atoms with Gasteiger partial charge >= 0.3 is 0 Å². The monoisotopic (exact) mass is 357 g/mol. The Hall–Kier alpha value is -2.36.